The summed E-state index contributed by atoms with van der Waals surface area (Å²) in [4.78, 5) is 25.0. The summed E-state index contributed by atoms with van der Waals surface area (Å²) in [5.41, 5.74) is 1.10. The molecule has 0 radical (unpaired) electrons. The number of rotatable bonds is 7. The molecule has 1 saturated heterocycles. The number of nitrogens with one attached hydrogen (secondary N) is 3. The number of hydrogen-bond donors (Lipinski definition) is 3. The third-order valence-corrected chi connectivity index (χ3v) is 4.72. The topological polar surface area (TPSA) is 107 Å². The molecule has 1 aromatic carbocycles. The highest BCUT2D eigenvalue weighted by Gasteiger charge is 2.28. The Bertz CT molecular complexity index is 873. The number of carbonyl (C=O) groups is 2. The lowest BCUT2D eigenvalue weighted by molar-refractivity contribution is -0.125. The van der Waals surface area contributed by atoms with E-state index in [2.05, 4.69) is 28.0 Å². The number of aryl methyl sites for hydroxylation is 1. The van der Waals surface area contributed by atoms with Crippen LogP contribution in [-0.4, -0.2) is 41.9 Å². The molecule has 0 aliphatic carbocycles. The van der Waals surface area contributed by atoms with Gasteiger partial charge in [0.15, 0.2) is 6.29 Å². The first-order valence-electron chi connectivity index (χ1n) is 9.59. The molecule has 2 amide bonds. The van der Waals surface area contributed by atoms with Crippen LogP contribution in [0.5, 0.6) is 11.5 Å². The van der Waals surface area contributed by atoms with Gasteiger partial charge in [-0.15, -0.1) is 0 Å². The quantitative estimate of drug-likeness (QED) is 0.657. The molecule has 156 valence electrons. The molecule has 1 aliphatic heterocycles. The predicted molar refractivity (Wildman–Crippen MR) is 108 cm³/mol. The first kappa shape index (κ1) is 20.7. The Balaban J connectivity index is 1.84. The molecular formula is C20H27N5O4. The number of carbonyl (C=O) groups excluding carboxylic acids is 2. The predicted octanol–water partition coefficient (Wildman–Crippen LogP) is 2.20. The van der Waals surface area contributed by atoms with Crippen molar-refractivity contribution in [2.24, 2.45) is 0 Å². The summed E-state index contributed by atoms with van der Waals surface area (Å²) in [5, 5.41) is 13.6. The van der Waals surface area contributed by atoms with Crippen LogP contribution in [0.25, 0.3) is 0 Å². The molecule has 0 saturated carbocycles. The zero-order valence-electron chi connectivity index (χ0n) is 17.1. The van der Waals surface area contributed by atoms with Gasteiger partial charge in [-0.1, -0.05) is 13.3 Å². The molecule has 2 atom stereocenters. The summed E-state index contributed by atoms with van der Waals surface area (Å²) in [6.45, 7) is 3.91. The molecule has 1 aromatic heterocycles. The van der Waals surface area contributed by atoms with Crippen LogP contribution >= 0.6 is 0 Å². The first-order valence-corrected chi connectivity index (χ1v) is 9.59. The van der Waals surface area contributed by atoms with E-state index in [0.717, 1.165) is 18.5 Å². The maximum atomic E-state index is 12.9. The van der Waals surface area contributed by atoms with E-state index in [9.17, 15) is 9.59 Å². The van der Waals surface area contributed by atoms with Crippen molar-refractivity contribution in [3.05, 3.63) is 35.5 Å². The third-order valence-electron chi connectivity index (χ3n) is 4.72. The van der Waals surface area contributed by atoms with Crippen LogP contribution in [0.4, 0.5) is 5.82 Å². The molecule has 9 heteroatoms. The minimum absolute atomic E-state index is 0.0461. The van der Waals surface area contributed by atoms with Crippen LogP contribution in [0.15, 0.2) is 24.3 Å². The SMILES string of the molecule is CCCC1CC(=O)NC(n2nc(C)cc2NC(=O)c2cc(OC)cc(OC)c2)N1. The van der Waals surface area contributed by atoms with Gasteiger partial charge in [-0.3, -0.25) is 14.9 Å². The van der Waals surface area contributed by atoms with Crippen molar-refractivity contribution >= 4 is 17.6 Å². The maximum absolute atomic E-state index is 12.9. The zero-order valence-corrected chi connectivity index (χ0v) is 17.1. The highest BCUT2D eigenvalue weighted by Crippen LogP contribution is 2.24. The molecule has 9 nitrogen and oxygen atoms in total. The van der Waals surface area contributed by atoms with E-state index in [1.54, 1.807) is 28.9 Å². The van der Waals surface area contributed by atoms with Crippen molar-refractivity contribution in [1.82, 2.24) is 20.4 Å². The molecule has 1 aliphatic rings. The fraction of sp³-hybridized carbons (Fsp3) is 0.450. The van der Waals surface area contributed by atoms with Gasteiger partial charge in [0.05, 0.1) is 19.9 Å². The Morgan fingerprint density at radius 2 is 1.93 bits per heavy atom. The lowest BCUT2D eigenvalue weighted by Gasteiger charge is -2.32. The van der Waals surface area contributed by atoms with Gasteiger partial charge >= 0.3 is 0 Å². The molecule has 0 spiro atoms. The summed E-state index contributed by atoms with van der Waals surface area (Å²) in [6.07, 6.45) is 1.75. The second-order valence-corrected chi connectivity index (χ2v) is 7.00. The van der Waals surface area contributed by atoms with E-state index in [1.165, 1.54) is 14.2 Å². The fourth-order valence-corrected chi connectivity index (χ4v) is 3.36. The van der Waals surface area contributed by atoms with E-state index in [-0.39, 0.29) is 17.9 Å². The van der Waals surface area contributed by atoms with Gasteiger partial charge in [0.2, 0.25) is 5.91 Å². The molecule has 1 fully saturated rings. The summed E-state index contributed by atoms with van der Waals surface area (Å²) in [5.74, 6) is 1.13. The number of hydrogen-bond acceptors (Lipinski definition) is 6. The van der Waals surface area contributed by atoms with Crippen molar-refractivity contribution in [1.29, 1.82) is 0 Å². The van der Waals surface area contributed by atoms with Crippen LogP contribution in [0, 0.1) is 6.92 Å². The average Bonchev–Trinajstić information content (AvgIpc) is 3.07. The summed E-state index contributed by atoms with van der Waals surface area (Å²) >= 11 is 0. The van der Waals surface area contributed by atoms with Crippen LogP contribution in [-0.2, 0) is 4.79 Å². The largest absolute Gasteiger partial charge is 0.497 e. The van der Waals surface area contributed by atoms with Crippen molar-refractivity contribution in [3.8, 4) is 11.5 Å². The Labute approximate surface area is 169 Å². The Hall–Kier alpha value is -3.07. The second-order valence-electron chi connectivity index (χ2n) is 7.00. The number of anilines is 1. The summed E-state index contributed by atoms with van der Waals surface area (Å²) < 4.78 is 12.1. The van der Waals surface area contributed by atoms with Crippen LogP contribution in [0.1, 0.15) is 48.5 Å². The fourth-order valence-electron chi connectivity index (χ4n) is 3.36. The molecule has 3 rings (SSSR count). The smallest absolute Gasteiger partial charge is 0.257 e. The van der Waals surface area contributed by atoms with E-state index < -0.39 is 6.29 Å². The second kappa shape index (κ2) is 8.95. The third kappa shape index (κ3) is 4.86. The minimum atomic E-state index is -0.531. The highest BCUT2D eigenvalue weighted by molar-refractivity contribution is 6.04. The number of amides is 2. The lowest BCUT2D eigenvalue weighted by Crippen LogP contribution is -2.53. The molecule has 3 N–H and O–H groups in total. The Morgan fingerprint density at radius 1 is 1.24 bits per heavy atom. The van der Waals surface area contributed by atoms with Gasteiger partial charge in [-0.05, 0) is 25.5 Å². The lowest BCUT2D eigenvalue weighted by atomic mass is 10.1. The number of aromatic nitrogens is 2. The van der Waals surface area contributed by atoms with Gasteiger partial charge in [0.1, 0.15) is 17.3 Å². The van der Waals surface area contributed by atoms with E-state index in [4.69, 9.17) is 9.47 Å². The van der Waals surface area contributed by atoms with Gasteiger partial charge in [-0.2, -0.15) is 5.10 Å². The summed E-state index contributed by atoms with van der Waals surface area (Å²) in [6, 6.07) is 6.77. The molecular weight excluding hydrogens is 374 g/mol. The monoisotopic (exact) mass is 401 g/mol. The van der Waals surface area contributed by atoms with E-state index in [0.29, 0.717) is 29.3 Å². The molecule has 0 bridgehead atoms. The molecule has 29 heavy (non-hydrogen) atoms. The number of benzene rings is 1. The first-order chi connectivity index (χ1) is 13.9. The molecule has 2 aromatic rings. The van der Waals surface area contributed by atoms with Gasteiger partial charge in [-0.25, -0.2) is 4.68 Å². The van der Waals surface area contributed by atoms with Crippen molar-refractivity contribution in [3.63, 3.8) is 0 Å². The number of nitrogens with zero attached hydrogens (tertiary/aromatic N) is 2. The van der Waals surface area contributed by atoms with Gasteiger partial charge in [0, 0.05) is 30.2 Å². The maximum Gasteiger partial charge on any atom is 0.257 e. The van der Waals surface area contributed by atoms with Gasteiger partial charge in [0.25, 0.3) is 5.91 Å². The summed E-state index contributed by atoms with van der Waals surface area (Å²) in [7, 11) is 3.05. The normalized spacial score (nSPS) is 18.8. The molecule has 2 heterocycles. The van der Waals surface area contributed by atoms with Crippen LogP contribution in [0.2, 0.25) is 0 Å². The highest BCUT2D eigenvalue weighted by atomic mass is 16.5. The zero-order chi connectivity index (χ0) is 21.0. The number of ether oxygens (including phenoxy) is 2. The molecule has 2 unspecified atom stereocenters. The standard InChI is InChI=1S/C20H27N5O4/c1-5-6-14-10-18(26)23-20(21-14)25-17(7-12(2)24-25)22-19(27)13-8-15(28-3)11-16(9-13)29-4/h7-9,11,14,20-21H,5-6,10H2,1-4H3,(H,22,27)(H,23,26). The van der Waals surface area contributed by atoms with Crippen LogP contribution in [0.3, 0.4) is 0 Å². The van der Waals surface area contributed by atoms with Crippen molar-refractivity contribution in [2.75, 3.05) is 19.5 Å². The van der Waals surface area contributed by atoms with E-state index in [1.807, 2.05) is 6.92 Å². The van der Waals surface area contributed by atoms with E-state index >= 15 is 0 Å². The Morgan fingerprint density at radius 3 is 2.55 bits per heavy atom. The van der Waals surface area contributed by atoms with Crippen molar-refractivity contribution in [2.45, 2.75) is 45.4 Å². The average molecular weight is 401 g/mol. The van der Waals surface area contributed by atoms with Crippen molar-refractivity contribution < 1.29 is 19.1 Å². The Kier molecular flexibility index (Phi) is 6.38. The van der Waals surface area contributed by atoms with Crippen LogP contribution < -0.4 is 25.4 Å². The number of methoxy groups -OCH3 is 2. The van der Waals surface area contributed by atoms with Gasteiger partial charge < -0.3 is 20.1 Å². The minimum Gasteiger partial charge on any atom is -0.497 e.